The molecule has 3 rings (SSSR count). The molecule has 22 heavy (non-hydrogen) atoms. The van der Waals surface area contributed by atoms with E-state index in [1.165, 1.54) is 5.56 Å². The van der Waals surface area contributed by atoms with Crippen LogP contribution in [-0.2, 0) is 17.6 Å². The monoisotopic (exact) mass is 315 g/mol. The summed E-state index contributed by atoms with van der Waals surface area (Å²) in [4.78, 5) is 14.5. The van der Waals surface area contributed by atoms with Gasteiger partial charge in [0.15, 0.2) is 0 Å². The van der Waals surface area contributed by atoms with Gasteiger partial charge in [0.25, 0.3) is 0 Å². The van der Waals surface area contributed by atoms with E-state index in [1.54, 1.807) is 7.11 Å². The van der Waals surface area contributed by atoms with E-state index < -0.39 is 0 Å². The average molecular weight is 316 g/mol. The van der Waals surface area contributed by atoms with Crippen molar-refractivity contribution < 1.29 is 9.53 Å². The molecule has 1 heterocycles. The molecule has 0 unspecified atom stereocenters. The van der Waals surface area contributed by atoms with Crippen LogP contribution in [0.5, 0.6) is 5.75 Å². The van der Waals surface area contributed by atoms with Gasteiger partial charge >= 0.3 is 0 Å². The molecule has 0 saturated carbocycles. The molecule has 0 spiro atoms. The van der Waals surface area contributed by atoms with E-state index in [0.29, 0.717) is 11.4 Å². The van der Waals surface area contributed by atoms with Crippen LogP contribution < -0.4 is 9.64 Å². The van der Waals surface area contributed by atoms with Gasteiger partial charge in [0.2, 0.25) is 5.91 Å². The number of amides is 1. The molecular formula is C18H18ClNO2. The Morgan fingerprint density at radius 3 is 2.73 bits per heavy atom. The quantitative estimate of drug-likeness (QED) is 0.860. The van der Waals surface area contributed by atoms with Gasteiger partial charge in [-0.05, 0) is 54.3 Å². The second kappa shape index (κ2) is 6.41. The zero-order valence-electron chi connectivity index (χ0n) is 12.5. The molecular weight excluding hydrogens is 298 g/mol. The van der Waals surface area contributed by atoms with E-state index in [9.17, 15) is 4.79 Å². The van der Waals surface area contributed by atoms with Crippen molar-refractivity contribution in [3.05, 3.63) is 58.6 Å². The third-order valence-electron chi connectivity index (χ3n) is 3.97. The molecule has 4 heteroatoms. The lowest BCUT2D eigenvalue weighted by Crippen LogP contribution is -2.36. The van der Waals surface area contributed by atoms with E-state index >= 15 is 0 Å². The van der Waals surface area contributed by atoms with Gasteiger partial charge in [-0.3, -0.25) is 4.79 Å². The number of benzene rings is 2. The number of hydrogen-bond acceptors (Lipinski definition) is 2. The molecule has 0 saturated heterocycles. The van der Waals surface area contributed by atoms with Gasteiger partial charge in [-0.1, -0.05) is 23.7 Å². The van der Waals surface area contributed by atoms with Crippen molar-refractivity contribution in [3.8, 4) is 5.75 Å². The molecule has 0 atom stereocenters. The van der Waals surface area contributed by atoms with Gasteiger partial charge in [-0.15, -0.1) is 0 Å². The Morgan fingerprint density at radius 2 is 2.00 bits per heavy atom. The predicted octanol–water partition coefficient (Wildman–Crippen LogP) is 3.87. The van der Waals surface area contributed by atoms with Crippen LogP contribution >= 0.6 is 11.6 Å². The standard InChI is InChI=1S/C18H18ClNO2/c1-22-16-8-9-17-14(12-16)3-2-10-20(17)18(21)11-13-4-6-15(19)7-5-13/h4-9,12H,2-3,10-11H2,1H3. The van der Waals surface area contributed by atoms with E-state index in [-0.39, 0.29) is 5.91 Å². The molecule has 3 nitrogen and oxygen atoms in total. The Hall–Kier alpha value is -2.00. The summed E-state index contributed by atoms with van der Waals surface area (Å²) >= 11 is 5.89. The highest BCUT2D eigenvalue weighted by Crippen LogP contribution is 2.31. The van der Waals surface area contributed by atoms with E-state index in [2.05, 4.69) is 0 Å². The van der Waals surface area contributed by atoms with E-state index in [1.807, 2.05) is 47.4 Å². The smallest absolute Gasteiger partial charge is 0.231 e. The number of fused-ring (bicyclic) bond motifs is 1. The third kappa shape index (κ3) is 3.09. The normalized spacial score (nSPS) is 13.6. The fourth-order valence-electron chi connectivity index (χ4n) is 2.83. The van der Waals surface area contributed by atoms with Gasteiger partial charge in [-0.25, -0.2) is 0 Å². The summed E-state index contributed by atoms with van der Waals surface area (Å²) in [6, 6.07) is 13.4. The number of ether oxygens (including phenoxy) is 1. The van der Waals surface area contributed by atoms with Crippen molar-refractivity contribution in [1.29, 1.82) is 0 Å². The van der Waals surface area contributed by atoms with Gasteiger partial charge in [0, 0.05) is 17.3 Å². The second-order valence-electron chi connectivity index (χ2n) is 5.45. The van der Waals surface area contributed by atoms with Gasteiger partial charge < -0.3 is 9.64 Å². The number of hydrogen-bond donors (Lipinski definition) is 0. The van der Waals surface area contributed by atoms with Crippen LogP contribution in [0.15, 0.2) is 42.5 Å². The lowest BCUT2D eigenvalue weighted by atomic mass is 10.0. The Balaban J connectivity index is 1.81. The number of aryl methyl sites for hydroxylation is 1. The minimum absolute atomic E-state index is 0.119. The van der Waals surface area contributed by atoms with E-state index in [0.717, 1.165) is 36.4 Å². The molecule has 114 valence electrons. The van der Waals surface area contributed by atoms with Crippen molar-refractivity contribution in [2.75, 3.05) is 18.6 Å². The molecule has 0 bridgehead atoms. The molecule has 1 aliphatic heterocycles. The van der Waals surface area contributed by atoms with Crippen LogP contribution in [0.4, 0.5) is 5.69 Å². The van der Waals surface area contributed by atoms with Crippen LogP contribution in [0.1, 0.15) is 17.5 Å². The van der Waals surface area contributed by atoms with Crippen LogP contribution in [0.3, 0.4) is 0 Å². The van der Waals surface area contributed by atoms with Crippen molar-refractivity contribution in [3.63, 3.8) is 0 Å². The number of nitrogens with zero attached hydrogens (tertiary/aromatic N) is 1. The summed E-state index contributed by atoms with van der Waals surface area (Å²) < 4.78 is 5.27. The Labute approximate surface area is 135 Å². The number of halogens is 1. The molecule has 0 fully saturated rings. The summed E-state index contributed by atoms with van der Waals surface area (Å²) in [7, 11) is 1.66. The molecule has 0 aliphatic carbocycles. The molecule has 2 aromatic rings. The zero-order valence-corrected chi connectivity index (χ0v) is 13.3. The molecule has 0 N–H and O–H groups in total. The molecule has 0 radical (unpaired) electrons. The molecule has 1 amide bonds. The number of rotatable bonds is 3. The molecule has 1 aliphatic rings. The zero-order chi connectivity index (χ0) is 15.5. The minimum Gasteiger partial charge on any atom is -0.497 e. The largest absolute Gasteiger partial charge is 0.497 e. The number of anilines is 1. The number of carbonyl (C=O) groups is 1. The summed E-state index contributed by atoms with van der Waals surface area (Å²) in [6.45, 7) is 0.770. The maximum atomic E-state index is 12.6. The lowest BCUT2D eigenvalue weighted by molar-refractivity contribution is -0.118. The fraction of sp³-hybridized carbons (Fsp3) is 0.278. The summed E-state index contributed by atoms with van der Waals surface area (Å²) in [5, 5.41) is 0.687. The van der Waals surface area contributed by atoms with Crippen LogP contribution in [0.2, 0.25) is 5.02 Å². The molecule has 2 aromatic carbocycles. The Bertz CT molecular complexity index is 682. The minimum atomic E-state index is 0.119. The fourth-order valence-corrected chi connectivity index (χ4v) is 2.96. The van der Waals surface area contributed by atoms with Gasteiger partial charge in [0.05, 0.1) is 13.5 Å². The summed E-state index contributed by atoms with van der Waals surface area (Å²) in [6.07, 6.45) is 2.35. The summed E-state index contributed by atoms with van der Waals surface area (Å²) in [5.74, 6) is 0.958. The summed E-state index contributed by atoms with van der Waals surface area (Å²) in [5.41, 5.74) is 3.16. The number of methoxy groups -OCH3 is 1. The Morgan fingerprint density at radius 1 is 1.23 bits per heavy atom. The van der Waals surface area contributed by atoms with Crippen molar-refractivity contribution in [2.24, 2.45) is 0 Å². The van der Waals surface area contributed by atoms with Crippen LogP contribution in [0.25, 0.3) is 0 Å². The first kappa shape index (κ1) is 14.9. The van der Waals surface area contributed by atoms with Gasteiger partial charge in [-0.2, -0.15) is 0 Å². The highest BCUT2D eigenvalue weighted by Gasteiger charge is 2.22. The maximum Gasteiger partial charge on any atom is 0.231 e. The van der Waals surface area contributed by atoms with Crippen LogP contribution in [0, 0.1) is 0 Å². The first-order valence-electron chi connectivity index (χ1n) is 7.39. The van der Waals surface area contributed by atoms with Gasteiger partial charge in [0.1, 0.15) is 5.75 Å². The van der Waals surface area contributed by atoms with Crippen molar-refractivity contribution >= 4 is 23.2 Å². The Kier molecular flexibility index (Phi) is 4.34. The lowest BCUT2D eigenvalue weighted by Gasteiger charge is -2.30. The predicted molar refractivity (Wildman–Crippen MR) is 88.8 cm³/mol. The maximum absolute atomic E-state index is 12.6. The van der Waals surface area contributed by atoms with Crippen molar-refractivity contribution in [2.45, 2.75) is 19.3 Å². The van der Waals surface area contributed by atoms with Crippen LogP contribution in [-0.4, -0.2) is 19.6 Å². The highest BCUT2D eigenvalue weighted by atomic mass is 35.5. The van der Waals surface area contributed by atoms with E-state index in [4.69, 9.17) is 16.3 Å². The molecule has 0 aromatic heterocycles. The number of carbonyl (C=O) groups excluding carboxylic acids is 1. The SMILES string of the molecule is COc1ccc2c(c1)CCCN2C(=O)Cc1ccc(Cl)cc1. The third-order valence-corrected chi connectivity index (χ3v) is 4.23. The van der Waals surface area contributed by atoms with Crippen molar-refractivity contribution in [1.82, 2.24) is 0 Å². The first-order chi connectivity index (χ1) is 10.7. The topological polar surface area (TPSA) is 29.5 Å². The second-order valence-corrected chi connectivity index (χ2v) is 5.88. The average Bonchev–Trinajstić information content (AvgIpc) is 2.55. The highest BCUT2D eigenvalue weighted by molar-refractivity contribution is 6.30. The first-order valence-corrected chi connectivity index (χ1v) is 7.77.